The van der Waals surface area contributed by atoms with Crippen molar-refractivity contribution in [3.05, 3.63) is 52.3 Å². The third-order valence-corrected chi connectivity index (χ3v) is 3.85. The molecule has 3 aromatic rings. The SMILES string of the molecule is Cn1nc(CC(O)c2ccsc2)c2ccccc21. The van der Waals surface area contributed by atoms with Crippen LogP contribution in [0.2, 0.25) is 0 Å². The van der Waals surface area contributed by atoms with Crippen molar-refractivity contribution in [1.29, 1.82) is 0 Å². The Hall–Kier alpha value is -1.65. The number of para-hydroxylation sites is 1. The van der Waals surface area contributed by atoms with Gasteiger partial charge in [-0.2, -0.15) is 16.4 Å². The highest BCUT2D eigenvalue weighted by Crippen LogP contribution is 2.24. The number of benzene rings is 1. The Labute approximate surface area is 109 Å². The fourth-order valence-electron chi connectivity index (χ4n) is 2.21. The van der Waals surface area contributed by atoms with E-state index < -0.39 is 6.10 Å². The molecule has 0 spiro atoms. The number of hydrogen-bond donors (Lipinski definition) is 1. The van der Waals surface area contributed by atoms with Gasteiger partial charge in [0.2, 0.25) is 0 Å². The third kappa shape index (κ3) is 1.94. The molecule has 3 rings (SSSR count). The van der Waals surface area contributed by atoms with Crippen molar-refractivity contribution < 1.29 is 5.11 Å². The molecule has 0 saturated heterocycles. The average molecular weight is 258 g/mol. The second kappa shape index (κ2) is 4.55. The van der Waals surface area contributed by atoms with E-state index in [9.17, 15) is 5.11 Å². The van der Waals surface area contributed by atoms with E-state index in [1.807, 2.05) is 46.8 Å². The summed E-state index contributed by atoms with van der Waals surface area (Å²) in [5.74, 6) is 0. The zero-order valence-electron chi connectivity index (χ0n) is 10.1. The van der Waals surface area contributed by atoms with Crippen LogP contribution in [0.3, 0.4) is 0 Å². The smallest absolute Gasteiger partial charge is 0.0854 e. The fourth-order valence-corrected chi connectivity index (χ4v) is 2.91. The molecule has 0 aliphatic rings. The van der Waals surface area contributed by atoms with E-state index in [0.29, 0.717) is 6.42 Å². The van der Waals surface area contributed by atoms with Gasteiger partial charge in [-0.1, -0.05) is 18.2 Å². The summed E-state index contributed by atoms with van der Waals surface area (Å²) in [4.78, 5) is 0. The van der Waals surface area contributed by atoms with Gasteiger partial charge < -0.3 is 5.11 Å². The van der Waals surface area contributed by atoms with Crippen molar-refractivity contribution in [3.63, 3.8) is 0 Å². The van der Waals surface area contributed by atoms with Gasteiger partial charge in [0.15, 0.2) is 0 Å². The number of hydrogen-bond acceptors (Lipinski definition) is 3. The topological polar surface area (TPSA) is 38.0 Å². The lowest BCUT2D eigenvalue weighted by molar-refractivity contribution is 0.178. The Bertz CT molecular complexity index is 658. The van der Waals surface area contributed by atoms with Crippen LogP contribution in [0.1, 0.15) is 17.4 Å². The Kier molecular flexibility index (Phi) is 2.89. The normalized spacial score (nSPS) is 13.0. The van der Waals surface area contributed by atoms with Crippen molar-refractivity contribution in [3.8, 4) is 0 Å². The first kappa shape index (κ1) is 11.4. The molecular weight excluding hydrogens is 244 g/mol. The predicted molar refractivity (Wildman–Crippen MR) is 73.7 cm³/mol. The van der Waals surface area contributed by atoms with Crippen LogP contribution in [0.4, 0.5) is 0 Å². The molecule has 0 radical (unpaired) electrons. The lowest BCUT2D eigenvalue weighted by Gasteiger charge is -2.06. The van der Waals surface area contributed by atoms with Gasteiger partial charge in [0, 0.05) is 18.9 Å². The van der Waals surface area contributed by atoms with Crippen molar-refractivity contribution in [2.75, 3.05) is 0 Å². The van der Waals surface area contributed by atoms with Crippen LogP contribution in [-0.4, -0.2) is 14.9 Å². The summed E-state index contributed by atoms with van der Waals surface area (Å²) in [6, 6.07) is 10.1. The van der Waals surface area contributed by atoms with Gasteiger partial charge in [-0.15, -0.1) is 0 Å². The summed E-state index contributed by atoms with van der Waals surface area (Å²) in [7, 11) is 1.93. The molecule has 2 heterocycles. The zero-order valence-corrected chi connectivity index (χ0v) is 10.9. The number of thiophene rings is 1. The Balaban J connectivity index is 1.96. The van der Waals surface area contributed by atoms with Crippen molar-refractivity contribution in [2.24, 2.45) is 7.05 Å². The minimum absolute atomic E-state index is 0.477. The number of aromatic nitrogens is 2. The monoisotopic (exact) mass is 258 g/mol. The van der Waals surface area contributed by atoms with E-state index in [-0.39, 0.29) is 0 Å². The van der Waals surface area contributed by atoms with Gasteiger partial charge in [0.05, 0.1) is 17.3 Å². The second-order valence-corrected chi connectivity index (χ2v) is 5.14. The third-order valence-electron chi connectivity index (χ3n) is 3.15. The van der Waals surface area contributed by atoms with E-state index in [1.54, 1.807) is 11.3 Å². The lowest BCUT2D eigenvalue weighted by atomic mass is 10.1. The van der Waals surface area contributed by atoms with E-state index in [1.165, 1.54) is 0 Å². The number of aliphatic hydroxyl groups excluding tert-OH is 1. The minimum atomic E-state index is -0.477. The summed E-state index contributed by atoms with van der Waals surface area (Å²) in [6.45, 7) is 0. The molecule has 0 aliphatic carbocycles. The highest BCUT2D eigenvalue weighted by atomic mass is 32.1. The molecule has 0 saturated carbocycles. The van der Waals surface area contributed by atoms with E-state index in [4.69, 9.17) is 0 Å². The number of rotatable bonds is 3. The number of aliphatic hydroxyl groups is 1. The molecule has 0 fully saturated rings. The molecule has 0 aliphatic heterocycles. The van der Waals surface area contributed by atoms with Crippen LogP contribution >= 0.6 is 11.3 Å². The number of aryl methyl sites for hydroxylation is 1. The fraction of sp³-hybridized carbons (Fsp3) is 0.214. The first-order valence-electron chi connectivity index (χ1n) is 5.86. The highest BCUT2D eigenvalue weighted by molar-refractivity contribution is 7.07. The molecule has 0 amide bonds. The molecule has 1 atom stereocenters. The van der Waals surface area contributed by atoms with E-state index in [2.05, 4.69) is 11.2 Å². The molecular formula is C14H14N2OS. The molecule has 2 aromatic heterocycles. The molecule has 4 heteroatoms. The molecule has 1 N–H and O–H groups in total. The first-order valence-corrected chi connectivity index (χ1v) is 6.81. The van der Waals surface area contributed by atoms with Crippen LogP contribution in [0.25, 0.3) is 10.9 Å². The van der Waals surface area contributed by atoms with Crippen LogP contribution in [0.15, 0.2) is 41.1 Å². The Morgan fingerprint density at radius 3 is 2.94 bits per heavy atom. The molecule has 0 bridgehead atoms. The molecule has 1 aromatic carbocycles. The van der Waals surface area contributed by atoms with Gasteiger partial charge in [0.1, 0.15) is 0 Å². The number of nitrogens with zero attached hydrogens (tertiary/aromatic N) is 2. The van der Waals surface area contributed by atoms with E-state index >= 15 is 0 Å². The van der Waals surface area contributed by atoms with E-state index in [0.717, 1.165) is 22.2 Å². The summed E-state index contributed by atoms with van der Waals surface area (Å²) in [5.41, 5.74) is 3.02. The van der Waals surface area contributed by atoms with Gasteiger partial charge in [-0.25, -0.2) is 0 Å². The van der Waals surface area contributed by atoms with Gasteiger partial charge in [-0.05, 0) is 28.5 Å². The van der Waals surface area contributed by atoms with Crippen molar-refractivity contribution >= 4 is 22.2 Å². The summed E-state index contributed by atoms with van der Waals surface area (Å²) >= 11 is 1.60. The average Bonchev–Trinajstić information content (AvgIpc) is 3.00. The second-order valence-electron chi connectivity index (χ2n) is 4.36. The largest absolute Gasteiger partial charge is 0.388 e. The maximum absolute atomic E-state index is 10.2. The Morgan fingerprint density at radius 2 is 2.17 bits per heavy atom. The molecule has 3 nitrogen and oxygen atoms in total. The quantitative estimate of drug-likeness (QED) is 0.784. The van der Waals surface area contributed by atoms with Crippen LogP contribution in [-0.2, 0) is 13.5 Å². The van der Waals surface area contributed by atoms with Crippen LogP contribution in [0, 0.1) is 0 Å². The molecule has 18 heavy (non-hydrogen) atoms. The summed E-state index contributed by atoms with van der Waals surface area (Å²) in [6.07, 6.45) is 0.0764. The van der Waals surface area contributed by atoms with Gasteiger partial charge >= 0.3 is 0 Å². The number of fused-ring (bicyclic) bond motifs is 1. The maximum atomic E-state index is 10.2. The van der Waals surface area contributed by atoms with Crippen LogP contribution < -0.4 is 0 Å². The van der Waals surface area contributed by atoms with Crippen LogP contribution in [0.5, 0.6) is 0 Å². The zero-order chi connectivity index (χ0) is 12.5. The predicted octanol–water partition coefficient (Wildman–Crippen LogP) is 2.91. The highest BCUT2D eigenvalue weighted by Gasteiger charge is 2.14. The standard InChI is InChI=1S/C14H14N2OS/c1-16-13-5-3-2-4-11(13)12(15-16)8-14(17)10-6-7-18-9-10/h2-7,9,14,17H,8H2,1H3. The summed E-state index contributed by atoms with van der Waals surface area (Å²) in [5, 5.41) is 19.8. The van der Waals surface area contributed by atoms with Crippen molar-refractivity contribution in [2.45, 2.75) is 12.5 Å². The maximum Gasteiger partial charge on any atom is 0.0854 e. The minimum Gasteiger partial charge on any atom is -0.388 e. The first-order chi connectivity index (χ1) is 8.75. The van der Waals surface area contributed by atoms with Gasteiger partial charge in [-0.3, -0.25) is 4.68 Å². The summed E-state index contributed by atoms with van der Waals surface area (Å²) < 4.78 is 1.87. The molecule has 1 unspecified atom stereocenters. The van der Waals surface area contributed by atoms with Crippen molar-refractivity contribution in [1.82, 2.24) is 9.78 Å². The Morgan fingerprint density at radius 1 is 1.33 bits per heavy atom. The lowest BCUT2D eigenvalue weighted by Crippen LogP contribution is -2.02. The van der Waals surface area contributed by atoms with Gasteiger partial charge in [0.25, 0.3) is 0 Å². The molecule has 92 valence electrons.